The van der Waals surface area contributed by atoms with Crippen molar-refractivity contribution in [3.8, 4) is 23.0 Å². The topological polar surface area (TPSA) is 90.1 Å². The first-order valence-electron chi connectivity index (χ1n) is 5.80. The molecule has 0 bridgehead atoms. The molecule has 0 radical (unpaired) electrons. The number of hydrogen-bond acceptors (Lipinski definition) is 6. The summed E-state index contributed by atoms with van der Waals surface area (Å²) in [6, 6.07) is 1.83. The van der Waals surface area contributed by atoms with Crippen LogP contribution in [-0.2, 0) is 6.54 Å². The minimum Gasteiger partial charge on any atom is -0.459 e. The molecular formula is C12H12N4O3. The summed E-state index contributed by atoms with van der Waals surface area (Å²) in [5, 5.41) is 16.8. The molecule has 0 aliphatic heterocycles. The fourth-order valence-electron chi connectivity index (χ4n) is 1.73. The zero-order valence-corrected chi connectivity index (χ0v) is 10.3. The van der Waals surface area contributed by atoms with Crippen LogP contribution in [0.15, 0.2) is 33.7 Å². The van der Waals surface area contributed by atoms with Crippen molar-refractivity contribution in [1.29, 1.82) is 0 Å². The summed E-state index contributed by atoms with van der Waals surface area (Å²) >= 11 is 0. The van der Waals surface area contributed by atoms with E-state index in [4.69, 9.17) is 14.0 Å². The predicted octanol–water partition coefficient (Wildman–Crippen LogP) is 1.49. The number of aryl methyl sites for hydroxylation is 1. The average molecular weight is 260 g/mol. The maximum atomic E-state index is 8.84. The first-order chi connectivity index (χ1) is 9.28. The van der Waals surface area contributed by atoms with Crippen molar-refractivity contribution >= 4 is 0 Å². The second-order valence-corrected chi connectivity index (χ2v) is 4.07. The van der Waals surface area contributed by atoms with Crippen LogP contribution in [0.4, 0.5) is 0 Å². The number of aromatic nitrogens is 4. The lowest BCUT2D eigenvalue weighted by atomic mass is 10.3. The summed E-state index contributed by atoms with van der Waals surface area (Å²) in [5.41, 5.74) is 1.67. The summed E-state index contributed by atoms with van der Waals surface area (Å²) in [6.07, 6.45) is 4.95. The fraction of sp³-hybridized carbons (Fsp3) is 0.250. The second-order valence-electron chi connectivity index (χ2n) is 4.07. The Kier molecular flexibility index (Phi) is 2.88. The zero-order valence-electron chi connectivity index (χ0n) is 10.3. The highest BCUT2D eigenvalue weighted by molar-refractivity contribution is 5.57. The molecule has 0 fully saturated rings. The fourth-order valence-corrected chi connectivity index (χ4v) is 1.73. The summed E-state index contributed by atoms with van der Waals surface area (Å²) in [7, 11) is 0. The molecule has 0 saturated heterocycles. The molecule has 0 atom stereocenters. The Morgan fingerprint density at radius 3 is 3.05 bits per heavy atom. The SMILES string of the molecule is Cc1ccoc1-c1nc(-c2cnn(CCO)c2)no1. The molecule has 0 saturated carbocycles. The standard InChI is InChI=1S/C12H12N4O3/c1-8-2-5-18-10(8)12-14-11(15-19-12)9-6-13-16(7-9)3-4-17/h2,5-7,17H,3-4H2,1H3. The van der Waals surface area contributed by atoms with Crippen LogP contribution in [0.2, 0.25) is 0 Å². The Bertz CT molecular complexity index is 683. The van der Waals surface area contributed by atoms with E-state index in [1.54, 1.807) is 23.3 Å². The highest BCUT2D eigenvalue weighted by Crippen LogP contribution is 2.25. The van der Waals surface area contributed by atoms with Crippen LogP contribution in [0.3, 0.4) is 0 Å². The van der Waals surface area contributed by atoms with Gasteiger partial charge in [0.15, 0.2) is 5.76 Å². The van der Waals surface area contributed by atoms with Crippen molar-refractivity contribution in [2.24, 2.45) is 0 Å². The lowest BCUT2D eigenvalue weighted by molar-refractivity contribution is 0.269. The molecule has 3 aromatic rings. The molecule has 0 amide bonds. The van der Waals surface area contributed by atoms with Crippen LogP contribution in [0.25, 0.3) is 23.0 Å². The summed E-state index contributed by atoms with van der Waals surface area (Å²) in [6.45, 7) is 2.37. The Labute approximate surface area is 108 Å². The van der Waals surface area contributed by atoms with E-state index in [1.807, 2.05) is 13.0 Å². The average Bonchev–Trinajstić information content (AvgIpc) is 3.08. The van der Waals surface area contributed by atoms with Gasteiger partial charge in [-0.25, -0.2) is 0 Å². The summed E-state index contributed by atoms with van der Waals surface area (Å²) in [4.78, 5) is 4.27. The third-order valence-corrected chi connectivity index (χ3v) is 2.70. The van der Waals surface area contributed by atoms with E-state index in [0.29, 0.717) is 24.0 Å². The van der Waals surface area contributed by atoms with Gasteiger partial charge >= 0.3 is 0 Å². The highest BCUT2D eigenvalue weighted by atomic mass is 16.5. The molecule has 0 aromatic carbocycles. The molecule has 0 unspecified atom stereocenters. The largest absolute Gasteiger partial charge is 0.459 e. The van der Waals surface area contributed by atoms with Crippen LogP contribution in [-0.4, -0.2) is 31.6 Å². The van der Waals surface area contributed by atoms with Crippen molar-refractivity contribution in [2.45, 2.75) is 13.5 Å². The number of furan rings is 1. The third-order valence-electron chi connectivity index (χ3n) is 2.70. The minimum atomic E-state index is 0.0319. The molecule has 3 aromatic heterocycles. The van der Waals surface area contributed by atoms with E-state index in [-0.39, 0.29) is 6.61 Å². The van der Waals surface area contributed by atoms with Gasteiger partial charge in [-0.05, 0) is 13.0 Å². The molecule has 3 heterocycles. The van der Waals surface area contributed by atoms with Gasteiger partial charge in [0.05, 0.1) is 31.2 Å². The van der Waals surface area contributed by atoms with E-state index in [1.165, 1.54) is 0 Å². The minimum absolute atomic E-state index is 0.0319. The van der Waals surface area contributed by atoms with Gasteiger partial charge in [-0.1, -0.05) is 5.16 Å². The van der Waals surface area contributed by atoms with E-state index >= 15 is 0 Å². The van der Waals surface area contributed by atoms with E-state index in [0.717, 1.165) is 11.1 Å². The first kappa shape index (κ1) is 11.7. The Morgan fingerprint density at radius 2 is 2.32 bits per heavy atom. The quantitative estimate of drug-likeness (QED) is 0.764. The van der Waals surface area contributed by atoms with Gasteiger partial charge in [0.25, 0.3) is 5.89 Å². The molecular weight excluding hydrogens is 248 g/mol. The number of hydrogen-bond donors (Lipinski definition) is 1. The second kappa shape index (κ2) is 4.69. The van der Waals surface area contributed by atoms with Crippen LogP contribution < -0.4 is 0 Å². The van der Waals surface area contributed by atoms with Gasteiger partial charge in [0, 0.05) is 11.8 Å². The molecule has 19 heavy (non-hydrogen) atoms. The van der Waals surface area contributed by atoms with Crippen molar-refractivity contribution in [3.63, 3.8) is 0 Å². The Morgan fingerprint density at radius 1 is 1.42 bits per heavy atom. The smallest absolute Gasteiger partial charge is 0.294 e. The van der Waals surface area contributed by atoms with Crippen molar-refractivity contribution in [1.82, 2.24) is 19.9 Å². The van der Waals surface area contributed by atoms with Gasteiger partial charge in [-0.3, -0.25) is 4.68 Å². The predicted molar refractivity (Wildman–Crippen MR) is 65.0 cm³/mol. The highest BCUT2D eigenvalue weighted by Gasteiger charge is 2.16. The van der Waals surface area contributed by atoms with E-state index < -0.39 is 0 Å². The molecule has 1 N–H and O–H groups in total. The molecule has 98 valence electrons. The molecule has 0 aliphatic carbocycles. The van der Waals surface area contributed by atoms with Gasteiger partial charge in [-0.2, -0.15) is 10.1 Å². The van der Waals surface area contributed by atoms with Crippen molar-refractivity contribution < 1.29 is 14.0 Å². The maximum Gasteiger partial charge on any atom is 0.294 e. The van der Waals surface area contributed by atoms with E-state index in [2.05, 4.69) is 15.2 Å². The van der Waals surface area contributed by atoms with Crippen molar-refractivity contribution in [2.75, 3.05) is 6.61 Å². The number of nitrogens with zero attached hydrogens (tertiary/aromatic N) is 4. The zero-order chi connectivity index (χ0) is 13.2. The number of rotatable bonds is 4. The molecule has 0 aliphatic rings. The Balaban J connectivity index is 1.90. The van der Waals surface area contributed by atoms with Gasteiger partial charge in [0.2, 0.25) is 5.82 Å². The maximum absolute atomic E-state index is 8.84. The number of aliphatic hydroxyl groups is 1. The van der Waals surface area contributed by atoms with Crippen LogP contribution >= 0.6 is 0 Å². The molecule has 0 spiro atoms. The third kappa shape index (κ3) is 2.15. The Hall–Kier alpha value is -2.41. The normalized spacial score (nSPS) is 11.1. The number of aliphatic hydroxyl groups excluding tert-OH is 1. The lowest BCUT2D eigenvalue weighted by Gasteiger charge is -1.93. The van der Waals surface area contributed by atoms with E-state index in [9.17, 15) is 0 Å². The van der Waals surface area contributed by atoms with Gasteiger partial charge in [0.1, 0.15) is 0 Å². The molecule has 7 heteroatoms. The van der Waals surface area contributed by atoms with Gasteiger partial charge < -0.3 is 14.0 Å². The van der Waals surface area contributed by atoms with Crippen molar-refractivity contribution in [3.05, 3.63) is 30.3 Å². The summed E-state index contributed by atoms with van der Waals surface area (Å²) < 4.78 is 12.1. The molecule has 3 rings (SSSR count). The first-order valence-corrected chi connectivity index (χ1v) is 5.80. The molecule has 7 nitrogen and oxygen atoms in total. The van der Waals surface area contributed by atoms with Gasteiger partial charge in [-0.15, -0.1) is 0 Å². The van der Waals surface area contributed by atoms with Crippen LogP contribution in [0.1, 0.15) is 5.56 Å². The van der Waals surface area contributed by atoms with Crippen LogP contribution in [0, 0.1) is 6.92 Å². The monoisotopic (exact) mass is 260 g/mol. The van der Waals surface area contributed by atoms with Crippen LogP contribution in [0.5, 0.6) is 0 Å². The lowest BCUT2D eigenvalue weighted by Crippen LogP contribution is -2.01. The summed E-state index contributed by atoms with van der Waals surface area (Å²) in [5.74, 6) is 1.35.